The smallest absolute Gasteiger partial charge is 0.0757 e. The van der Waals surface area contributed by atoms with E-state index < -0.39 is 0 Å². The van der Waals surface area contributed by atoms with Gasteiger partial charge in [-0.3, -0.25) is 4.90 Å². The van der Waals surface area contributed by atoms with E-state index in [1.54, 1.807) is 0 Å². The number of ether oxygens (including phenoxy) is 1. The van der Waals surface area contributed by atoms with Gasteiger partial charge in [-0.2, -0.15) is 0 Å². The summed E-state index contributed by atoms with van der Waals surface area (Å²) in [6.07, 6.45) is 0.306. The van der Waals surface area contributed by atoms with Crippen molar-refractivity contribution in [3.05, 3.63) is 0 Å². The van der Waals surface area contributed by atoms with Gasteiger partial charge in [0.1, 0.15) is 0 Å². The van der Waals surface area contributed by atoms with Crippen LogP contribution in [0.3, 0.4) is 0 Å². The van der Waals surface area contributed by atoms with Gasteiger partial charge in [-0.25, -0.2) is 0 Å². The molecule has 0 spiro atoms. The molecule has 3 unspecified atom stereocenters. The molecular weight excluding hydrogens is 176 g/mol. The van der Waals surface area contributed by atoms with Gasteiger partial charge in [-0.05, 0) is 34.6 Å². The minimum Gasteiger partial charge on any atom is -0.370 e. The maximum Gasteiger partial charge on any atom is 0.0757 e. The molecule has 1 aliphatic heterocycles. The van der Waals surface area contributed by atoms with Gasteiger partial charge in [0.05, 0.1) is 11.7 Å². The normalized spacial score (nSPS) is 32.6. The van der Waals surface area contributed by atoms with Gasteiger partial charge in [0.25, 0.3) is 0 Å². The molecular formula is C11H24N2O. The van der Waals surface area contributed by atoms with Crippen LogP contribution in [-0.2, 0) is 4.74 Å². The summed E-state index contributed by atoms with van der Waals surface area (Å²) in [7, 11) is 0. The van der Waals surface area contributed by atoms with E-state index in [9.17, 15) is 0 Å². The van der Waals surface area contributed by atoms with Crippen molar-refractivity contribution in [3.63, 3.8) is 0 Å². The molecule has 84 valence electrons. The summed E-state index contributed by atoms with van der Waals surface area (Å²) >= 11 is 0. The van der Waals surface area contributed by atoms with Gasteiger partial charge in [0.2, 0.25) is 0 Å². The Morgan fingerprint density at radius 3 is 2.43 bits per heavy atom. The number of morpholine rings is 1. The van der Waals surface area contributed by atoms with E-state index in [0.29, 0.717) is 12.1 Å². The van der Waals surface area contributed by atoms with E-state index in [0.717, 1.165) is 13.1 Å². The second kappa shape index (κ2) is 4.17. The number of hydrogen-bond acceptors (Lipinski definition) is 3. The fraction of sp³-hybridized carbons (Fsp3) is 1.00. The third-order valence-electron chi connectivity index (χ3n) is 2.93. The Hall–Kier alpha value is -0.120. The summed E-state index contributed by atoms with van der Waals surface area (Å²) in [6, 6.07) is 0.650. The van der Waals surface area contributed by atoms with Crippen LogP contribution >= 0.6 is 0 Å². The lowest BCUT2D eigenvalue weighted by Crippen LogP contribution is -2.57. The molecule has 1 heterocycles. The molecule has 0 aromatic rings. The summed E-state index contributed by atoms with van der Waals surface area (Å²) in [5, 5.41) is 0. The highest BCUT2D eigenvalue weighted by Crippen LogP contribution is 2.22. The lowest BCUT2D eigenvalue weighted by molar-refractivity contribution is -0.137. The highest BCUT2D eigenvalue weighted by atomic mass is 16.5. The van der Waals surface area contributed by atoms with E-state index in [2.05, 4.69) is 39.5 Å². The molecule has 1 rings (SSSR count). The summed E-state index contributed by atoms with van der Waals surface area (Å²) in [4.78, 5) is 2.43. The first-order valence-corrected chi connectivity index (χ1v) is 5.49. The zero-order valence-corrected chi connectivity index (χ0v) is 10.1. The first-order chi connectivity index (χ1) is 6.32. The zero-order valence-electron chi connectivity index (χ0n) is 10.1. The standard InChI is InChI=1S/C11H24N2O/c1-8-6-13(10(3)9(2)12)7-11(4,5)14-8/h8-10H,6-7,12H2,1-5H3. The van der Waals surface area contributed by atoms with Crippen LogP contribution in [0.1, 0.15) is 34.6 Å². The molecule has 0 radical (unpaired) electrons. The van der Waals surface area contributed by atoms with Crippen molar-refractivity contribution in [1.29, 1.82) is 0 Å². The third kappa shape index (κ3) is 2.94. The van der Waals surface area contributed by atoms with Crippen LogP contribution in [0.5, 0.6) is 0 Å². The minimum atomic E-state index is -0.0409. The average molecular weight is 200 g/mol. The van der Waals surface area contributed by atoms with Gasteiger partial charge in [-0.1, -0.05) is 0 Å². The molecule has 0 aromatic heterocycles. The SMILES string of the molecule is CC1CN(C(C)C(C)N)CC(C)(C)O1. The Labute approximate surface area is 87.6 Å². The molecule has 0 saturated carbocycles. The lowest BCUT2D eigenvalue weighted by Gasteiger charge is -2.45. The van der Waals surface area contributed by atoms with Crippen LogP contribution in [0.4, 0.5) is 0 Å². The van der Waals surface area contributed by atoms with E-state index in [-0.39, 0.29) is 11.6 Å². The minimum absolute atomic E-state index is 0.0409. The summed E-state index contributed by atoms with van der Waals surface area (Å²) in [6.45, 7) is 12.6. The fourth-order valence-electron chi connectivity index (χ4n) is 2.15. The van der Waals surface area contributed by atoms with Crippen LogP contribution in [0.25, 0.3) is 0 Å². The monoisotopic (exact) mass is 200 g/mol. The molecule has 1 saturated heterocycles. The number of nitrogens with zero attached hydrogens (tertiary/aromatic N) is 1. The molecule has 0 aliphatic carbocycles. The van der Waals surface area contributed by atoms with E-state index in [1.165, 1.54) is 0 Å². The van der Waals surface area contributed by atoms with Crippen LogP contribution in [0, 0.1) is 0 Å². The molecule has 0 aromatic carbocycles. The number of rotatable bonds is 2. The molecule has 14 heavy (non-hydrogen) atoms. The van der Waals surface area contributed by atoms with Crippen LogP contribution in [0.15, 0.2) is 0 Å². The summed E-state index contributed by atoms with van der Waals surface area (Å²) < 4.78 is 5.85. The largest absolute Gasteiger partial charge is 0.370 e. The quantitative estimate of drug-likeness (QED) is 0.728. The summed E-state index contributed by atoms with van der Waals surface area (Å²) in [5.41, 5.74) is 5.88. The van der Waals surface area contributed by atoms with Gasteiger partial charge < -0.3 is 10.5 Å². The molecule has 1 aliphatic rings. The van der Waals surface area contributed by atoms with Crippen molar-refractivity contribution in [1.82, 2.24) is 4.90 Å². The van der Waals surface area contributed by atoms with Crippen molar-refractivity contribution in [3.8, 4) is 0 Å². The van der Waals surface area contributed by atoms with Crippen molar-refractivity contribution >= 4 is 0 Å². The highest BCUT2D eigenvalue weighted by Gasteiger charge is 2.34. The van der Waals surface area contributed by atoms with Crippen molar-refractivity contribution in [2.24, 2.45) is 5.73 Å². The van der Waals surface area contributed by atoms with Crippen LogP contribution < -0.4 is 5.73 Å². The van der Waals surface area contributed by atoms with Gasteiger partial charge in [0, 0.05) is 25.2 Å². The molecule has 0 bridgehead atoms. The Kier molecular flexibility index (Phi) is 3.56. The Balaban J connectivity index is 2.62. The van der Waals surface area contributed by atoms with Crippen molar-refractivity contribution in [2.45, 2.75) is 58.4 Å². The van der Waals surface area contributed by atoms with Gasteiger partial charge >= 0.3 is 0 Å². The van der Waals surface area contributed by atoms with Crippen LogP contribution in [0.2, 0.25) is 0 Å². The second-order valence-corrected chi connectivity index (χ2v) is 5.22. The van der Waals surface area contributed by atoms with Gasteiger partial charge in [0.15, 0.2) is 0 Å². The maximum absolute atomic E-state index is 5.92. The van der Waals surface area contributed by atoms with Crippen molar-refractivity contribution in [2.75, 3.05) is 13.1 Å². The summed E-state index contributed by atoms with van der Waals surface area (Å²) in [5.74, 6) is 0. The third-order valence-corrected chi connectivity index (χ3v) is 2.93. The fourth-order valence-corrected chi connectivity index (χ4v) is 2.15. The first-order valence-electron chi connectivity index (χ1n) is 5.49. The molecule has 3 heteroatoms. The van der Waals surface area contributed by atoms with Crippen LogP contribution in [-0.4, -0.2) is 41.8 Å². The molecule has 0 amide bonds. The Morgan fingerprint density at radius 1 is 1.43 bits per heavy atom. The van der Waals surface area contributed by atoms with Gasteiger partial charge in [-0.15, -0.1) is 0 Å². The first kappa shape index (κ1) is 12.0. The number of nitrogens with two attached hydrogens (primary N) is 1. The highest BCUT2D eigenvalue weighted by molar-refractivity contribution is 4.87. The van der Waals surface area contributed by atoms with E-state index in [4.69, 9.17) is 10.5 Å². The van der Waals surface area contributed by atoms with E-state index >= 15 is 0 Å². The molecule has 2 N–H and O–H groups in total. The average Bonchev–Trinajstić information content (AvgIpc) is 1.98. The molecule has 3 nitrogen and oxygen atoms in total. The zero-order chi connectivity index (χ0) is 10.9. The van der Waals surface area contributed by atoms with E-state index in [1.807, 2.05) is 0 Å². The van der Waals surface area contributed by atoms with Crippen molar-refractivity contribution < 1.29 is 4.74 Å². The second-order valence-electron chi connectivity index (χ2n) is 5.22. The Bertz CT molecular complexity index is 192. The maximum atomic E-state index is 5.92. The predicted molar refractivity (Wildman–Crippen MR) is 59.3 cm³/mol. The molecule has 3 atom stereocenters. The predicted octanol–water partition coefficient (Wildman–Crippen LogP) is 1.22. The lowest BCUT2D eigenvalue weighted by atomic mass is 10.0. The topological polar surface area (TPSA) is 38.5 Å². The number of hydrogen-bond donors (Lipinski definition) is 1. The molecule has 1 fully saturated rings. The Morgan fingerprint density at radius 2 is 2.00 bits per heavy atom.